The normalized spacial score (nSPS) is 11.3. The number of aryl methyl sites for hydroxylation is 1. The van der Waals surface area contributed by atoms with E-state index in [0.717, 1.165) is 22.0 Å². The second-order valence-corrected chi connectivity index (χ2v) is 9.07. The summed E-state index contributed by atoms with van der Waals surface area (Å²) in [6, 6.07) is 16.1. The van der Waals surface area contributed by atoms with Gasteiger partial charge >= 0.3 is 0 Å². The minimum atomic E-state index is -4.10. The van der Waals surface area contributed by atoms with Gasteiger partial charge in [-0.25, -0.2) is 18.2 Å². The first kappa shape index (κ1) is 24.7. The maximum Gasteiger partial charge on any atom is 0.264 e. The van der Waals surface area contributed by atoms with E-state index in [1.54, 1.807) is 30.3 Å². The Morgan fingerprint density at radius 2 is 1.65 bits per heavy atom. The van der Waals surface area contributed by atoms with Gasteiger partial charge in [0.1, 0.15) is 12.4 Å². The van der Waals surface area contributed by atoms with Gasteiger partial charge in [-0.1, -0.05) is 17.7 Å². The van der Waals surface area contributed by atoms with E-state index in [-0.39, 0.29) is 10.6 Å². The number of amides is 1. The highest BCUT2D eigenvalue weighted by Gasteiger charge is 2.27. The van der Waals surface area contributed by atoms with Crippen molar-refractivity contribution in [2.45, 2.75) is 11.8 Å². The van der Waals surface area contributed by atoms with Crippen LogP contribution in [-0.4, -0.2) is 41.3 Å². The molecule has 0 unspecified atom stereocenters. The number of nitrogens with one attached hydrogen (secondary N) is 1. The lowest BCUT2D eigenvalue weighted by atomic mass is 10.2. The molecule has 3 aromatic rings. The summed E-state index contributed by atoms with van der Waals surface area (Å²) in [5.74, 6) is -0.179. The molecule has 0 aliphatic carbocycles. The van der Waals surface area contributed by atoms with Crippen molar-refractivity contribution in [2.75, 3.05) is 25.1 Å². The van der Waals surface area contributed by atoms with Crippen LogP contribution < -0.4 is 19.2 Å². The van der Waals surface area contributed by atoms with Gasteiger partial charge in [0.15, 0.2) is 11.5 Å². The second kappa shape index (κ2) is 10.8. The first-order valence-electron chi connectivity index (χ1n) is 10.1. The molecule has 0 saturated carbocycles. The Morgan fingerprint density at radius 3 is 2.26 bits per heavy atom. The van der Waals surface area contributed by atoms with Crippen LogP contribution in [0, 0.1) is 12.7 Å². The number of carbonyl (C=O) groups excluding carboxylic acids is 1. The molecule has 0 spiro atoms. The smallest absolute Gasteiger partial charge is 0.264 e. The Morgan fingerprint density at radius 1 is 1.00 bits per heavy atom. The Hall–Kier alpha value is -3.92. The number of ether oxygens (including phenoxy) is 2. The summed E-state index contributed by atoms with van der Waals surface area (Å²) in [4.78, 5) is 12.6. The lowest BCUT2D eigenvalue weighted by Gasteiger charge is -2.23. The van der Waals surface area contributed by atoms with Crippen molar-refractivity contribution in [1.82, 2.24) is 5.43 Å². The zero-order chi connectivity index (χ0) is 24.7. The van der Waals surface area contributed by atoms with Gasteiger partial charge in [0.25, 0.3) is 15.9 Å². The molecule has 0 radical (unpaired) electrons. The van der Waals surface area contributed by atoms with E-state index in [2.05, 4.69) is 10.5 Å². The van der Waals surface area contributed by atoms with E-state index in [1.807, 2.05) is 6.92 Å². The van der Waals surface area contributed by atoms with Gasteiger partial charge in [-0.2, -0.15) is 5.10 Å². The van der Waals surface area contributed by atoms with Gasteiger partial charge in [-0.3, -0.25) is 9.10 Å². The molecule has 0 aliphatic heterocycles. The summed E-state index contributed by atoms with van der Waals surface area (Å²) in [6.45, 7) is 1.27. The Bertz CT molecular complexity index is 1280. The molecule has 1 amide bonds. The predicted molar refractivity (Wildman–Crippen MR) is 127 cm³/mol. The molecule has 1 N–H and O–H groups in total. The molecule has 0 bridgehead atoms. The van der Waals surface area contributed by atoms with E-state index in [1.165, 1.54) is 44.7 Å². The lowest BCUT2D eigenvalue weighted by Crippen LogP contribution is -2.39. The van der Waals surface area contributed by atoms with Crippen LogP contribution in [0.25, 0.3) is 0 Å². The van der Waals surface area contributed by atoms with Gasteiger partial charge in [0, 0.05) is 0 Å². The summed E-state index contributed by atoms with van der Waals surface area (Å²) in [6.07, 6.45) is 1.39. The summed E-state index contributed by atoms with van der Waals surface area (Å²) >= 11 is 0. The van der Waals surface area contributed by atoms with Crippen LogP contribution in [-0.2, 0) is 14.8 Å². The highest BCUT2D eigenvalue weighted by Crippen LogP contribution is 2.27. The maximum atomic E-state index is 13.4. The van der Waals surface area contributed by atoms with E-state index < -0.39 is 28.3 Å². The highest BCUT2D eigenvalue weighted by molar-refractivity contribution is 7.92. The molecule has 0 saturated heterocycles. The standard InChI is InChI=1S/C24H24FN3O5S/c1-17-4-11-21(12-5-17)34(30,31)28(20-9-7-19(25)8-10-20)16-24(29)27-26-15-18-6-13-22(32-2)23(14-18)33-3/h4-15H,16H2,1-3H3,(H,27,29)/b26-15-. The number of methoxy groups -OCH3 is 2. The van der Waals surface area contributed by atoms with Crippen LogP contribution in [0.2, 0.25) is 0 Å². The third-order valence-electron chi connectivity index (χ3n) is 4.82. The molecule has 8 nitrogen and oxygen atoms in total. The number of rotatable bonds is 9. The maximum absolute atomic E-state index is 13.4. The average molecular weight is 486 g/mol. The van der Waals surface area contributed by atoms with E-state index in [0.29, 0.717) is 17.1 Å². The molecule has 10 heteroatoms. The van der Waals surface area contributed by atoms with Crippen molar-refractivity contribution >= 4 is 27.8 Å². The summed E-state index contributed by atoms with van der Waals surface area (Å²) < 4.78 is 51.3. The molecule has 178 valence electrons. The third kappa shape index (κ3) is 5.90. The molecule has 3 rings (SSSR count). The van der Waals surface area contributed by atoms with Crippen molar-refractivity contribution in [3.8, 4) is 11.5 Å². The number of carbonyl (C=O) groups is 1. The molecular formula is C24H24FN3O5S. The van der Waals surface area contributed by atoms with Crippen molar-refractivity contribution in [2.24, 2.45) is 5.10 Å². The number of anilines is 1. The number of hydrogen-bond acceptors (Lipinski definition) is 6. The molecule has 0 atom stereocenters. The minimum Gasteiger partial charge on any atom is -0.493 e. The van der Waals surface area contributed by atoms with Crippen LogP contribution in [0.15, 0.2) is 76.7 Å². The van der Waals surface area contributed by atoms with Crippen molar-refractivity contribution in [3.05, 3.63) is 83.7 Å². The number of halogens is 1. The van der Waals surface area contributed by atoms with Crippen LogP contribution in [0.1, 0.15) is 11.1 Å². The topological polar surface area (TPSA) is 97.3 Å². The van der Waals surface area contributed by atoms with Gasteiger partial charge in [-0.15, -0.1) is 0 Å². The van der Waals surface area contributed by atoms with E-state index >= 15 is 0 Å². The number of sulfonamides is 1. The summed E-state index contributed by atoms with van der Waals surface area (Å²) in [5.41, 5.74) is 3.97. The Kier molecular flexibility index (Phi) is 7.85. The first-order chi connectivity index (χ1) is 16.2. The van der Waals surface area contributed by atoms with Crippen LogP contribution in [0.5, 0.6) is 11.5 Å². The van der Waals surface area contributed by atoms with Crippen molar-refractivity contribution < 1.29 is 27.1 Å². The van der Waals surface area contributed by atoms with Crippen molar-refractivity contribution in [3.63, 3.8) is 0 Å². The molecular weight excluding hydrogens is 461 g/mol. The van der Waals surface area contributed by atoms with Crippen LogP contribution in [0.3, 0.4) is 0 Å². The fourth-order valence-electron chi connectivity index (χ4n) is 3.04. The predicted octanol–water partition coefficient (Wildman–Crippen LogP) is 3.50. The van der Waals surface area contributed by atoms with Crippen LogP contribution in [0.4, 0.5) is 10.1 Å². The zero-order valence-electron chi connectivity index (χ0n) is 18.9. The fourth-order valence-corrected chi connectivity index (χ4v) is 4.46. The number of nitrogens with zero attached hydrogens (tertiary/aromatic N) is 2. The van der Waals surface area contributed by atoms with Crippen LogP contribution >= 0.6 is 0 Å². The molecule has 34 heavy (non-hydrogen) atoms. The lowest BCUT2D eigenvalue weighted by molar-refractivity contribution is -0.119. The molecule has 3 aromatic carbocycles. The quantitative estimate of drug-likeness (QED) is 0.370. The van der Waals surface area contributed by atoms with Gasteiger partial charge < -0.3 is 9.47 Å². The SMILES string of the molecule is COc1ccc(/C=N\NC(=O)CN(c2ccc(F)cc2)S(=O)(=O)c2ccc(C)cc2)cc1OC. The number of hydrogen-bond donors (Lipinski definition) is 1. The molecule has 0 fully saturated rings. The fraction of sp³-hybridized carbons (Fsp3) is 0.167. The summed E-state index contributed by atoms with van der Waals surface area (Å²) in [7, 11) is -1.09. The van der Waals surface area contributed by atoms with E-state index in [9.17, 15) is 17.6 Å². The van der Waals surface area contributed by atoms with Gasteiger partial charge in [-0.05, 0) is 67.1 Å². The zero-order valence-corrected chi connectivity index (χ0v) is 19.7. The summed E-state index contributed by atoms with van der Waals surface area (Å²) in [5, 5.41) is 3.90. The Balaban J connectivity index is 1.81. The number of hydrazone groups is 1. The highest BCUT2D eigenvalue weighted by atomic mass is 32.2. The minimum absolute atomic E-state index is 0.00375. The average Bonchev–Trinajstić information content (AvgIpc) is 2.83. The molecule has 0 heterocycles. The molecule has 0 aliphatic rings. The largest absolute Gasteiger partial charge is 0.493 e. The molecule has 0 aromatic heterocycles. The van der Waals surface area contributed by atoms with Crippen molar-refractivity contribution in [1.29, 1.82) is 0 Å². The third-order valence-corrected chi connectivity index (χ3v) is 6.61. The van der Waals surface area contributed by atoms with E-state index in [4.69, 9.17) is 9.47 Å². The van der Waals surface area contributed by atoms with Gasteiger partial charge in [0.2, 0.25) is 0 Å². The first-order valence-corrected chi connectivity index (χ1v) is 11.6. The van der Waals surface area contributed by atoms with Gasteiger partial charge in [0.05, 0.1) is 31.0 Å². The Labute approximate surface area is 197 Å². The monoisotopic (exact) mass is 485 g/mol. The second-order valence-electron chi connectivity index (χ2n) is 7.21. The number of benzene rings is 3.